The van der Waals surface area contributed by atoms with Gasteiger partial charge in [-0.15, -0.1) is 0 Å². The van der Waals surface area contributed by atoms with Crippen LogP contribution in [0.4, 0.5) is 30.6 Å². The predicted molar refractivity (Wildman–Crippen MR) is 82.1 cm³/mol. The van der Waals surface area contributed by atoms with Crippen molar-refractivity contribution in [3.63, 3.8) is 0 Å². The third-order valence-electron chi connectivity index (χ3n) is 2.80. The van der Waals surface area contributed by atoms with Gasteiger partial charge in [-0.2, -0.15) is 18.2 Å². The molecule has 124 valence electrons. The number of rotatable bonds is 6. The highest BCUT2D eigenvalue weighted by Crippen LogP contribution is 2.34. The lowest BCUT2D eigenvalue weighted by Crippen LogP contribution is -2.10. The number of methoxy groups -OCH3 is 1. The van der Waals surface area contributed by atoms with Crippen molar-refractivity contribution >= 4 is 29.1 Å². The molecule has 0 fully saturated rings. The Hall–Kier alpha value is -2.06. The Kier molecular flexibility index (Phi) is 5.62. The SMILES string of the molecule is COCCNc1nccc(Nc2cc(C(F)(F)F)ccc2Cl)n1. The first-order valence-electron chi connectivity index (χ1n) is 6.60. The molecule has 0 spiro atoms. The van der Waals surface area contributed by atoms with Crippen LogP contribution in [0.1, 0.15) is 5.56 Å². The summed E-state index contributed by atoms with van der Waals surface area (Å²) in [5.74, 6) is 0.649. The Labute approximate surface area is 135 Å². The number of aromatic nitrogens is 2. The number of benzene rings is 1. The molecular formula is C14H14ClF3N4O. The highest BCUT2D eigenvalue weighted by molar-refractivity contribution is 6.33. The average molecular weight is 347 g/mol. The maximum Gasteiger partial charge on any atom is 0.416 e. The van der Waals surface area contributed by atoms with E-state index in [-0.39, 0.29) is 10.7 Å². The van der Waals surface area contributed by atoms with E-state index in [2.05, 4.69) is 20.6 Å². The Bertz CT molecular complexity index is 667. The van der Waals surface area contributed by atoms with Crippen molar-refractivity contribution in [1.82, 2.24) is 9.97 Å². The van der Waals surface area contributed by atoms with Crippen molar-refractivity contribution in [2.24, 2.45) is 0 Å². The number of anilines is 3. The quantitative estimate of drug-likeness (QED) is 0.776. The molecule has 0 aliphatic carbocycles. The topological polar surface area (TPSA) is 59.1 Å². The molecule has 0 radical (unpaired) electrons. The molecule has 0 aliphatic rings. The van der Waals surface area contributed by atoms with Crippen molar-refractivity contribution in [3.8, 4) is 0 Å². The number of hydrogen-bond acceptors (Lipinski definition) is 5. The van der Waals surface area contributed by atoms with Gasteiger partial charge in [0.05, 0.1) is 22.9 Å². The first kappa shape index (κ1) is 17.3. The number of ether oxygens (including phenoxy) is 1. The van der Waals surface area contributed by atoms with Gasteiger partial charge in [0.15, 0.2) is 0 Å². The Morgan fingerprint density at radius 2 is 2.04 bits per heavy atom. The first-order chi connectivity index (χ1) is 10.9. The van der Waals surface area contributed by atoms with Gasteiger partial charge in [0.2, 0.25) is 5.95 Å². The zero-order chi connectivity index (χ0) is 16.9. The van der Waals surface area contributed by atoms with Crippen molar-refractivity contribution in [3.05, 3.63) is 41.0 Å². The summed E-state index contributed by atoms with van der Waals surface area (Å²) in [5.41, 5.74) is -0.681. The summed E-state index contributed by atoms with van der Waals surface area (Å²) in [6, 6.07) is 4.57. The smallest absolute Gasteiger partial charge is 0.383 e. The maximum atomic E-state index is 12.8. The van der Waals surface area contributed by atoms with Crippen LogP contribution >= 0.6 is 11.6 Å². The molecule has 0 amide bonds. The summed E-state index contributed by atoms with van der Waals surface area (Å²) in [4.78, 5) is 8.15. The first-order valence-corrected chi connectivity index (χ1v) is 6.97. The zero-order valence-corrected chi connectivity index (χ0v) is 12.9. The fraction of sp³-hybridized carbons (Fsp3) is 0.286. The van der Waals surface area contributed by atoms with E-state index in [0.29, 0.717) is 24.9 Å². The van der Waals surface area contributed by atoms with Gasteiger partial charge >= 0.3 is 6.18 Å². The van der Waals surface area contributed by atoms with E-state index >= 15 is 0 Å². The lowest BCUT2D eigenvalue weighted by molar-refractivity contribution is -0.137. The van der Waals surface area contributed by atoms with Gasteiger partial charge in [0.25, 0.3) is 0 Å². The van der Waals surface area contributed by atoms with Crippen molar-refractivity contribution < 1.29 is 17.9 Å². The second-order valence-corrected chi connectivity index (χ2v) is 4.91. The lowest BCUT2D eigenvalue weighted by Gasteiger charge is -2.12. The summed E-state index contributed by atoms with van der Waals surface area (Å²) in [5, 5.41) is 5.84. The largest absolute Gasteiger partial charge is 0.416 e. The number of hydrogen-bond donors (Lipinski definition) is 2. The number of nitrogens with one attached hydrogen (secondary N) is 2. The molecule has 2 aromatic rings. The minimum atomic E-state index is -4.44. The van der Waals surface area contributed by atoms with E-state index in [1.807, 2.05) is 0 Å². The van der Waals surface area contributed by atoms with Crippen LogP contribution < -0.4 is 10.6 Å². The van der Waals surface area contributed by atoms with Gasteiger partial charge < -0.3 is 15.4 Å². The molecule has 0 saturated heterocycles. The van der Waals surface area contributed by atoms with E-state index in [1.165, 1.54) is 18.3 Å². The van der Waals surface area contributed by atoms with Crippen LogP contribution in [0, 0.1) is 0 Å². The van der Waals surface area contributed by atoms with E-state index in [0.717, 1.165) is 12.1 Å². The second kappa shape index (κ2) is 7.47. The number of alkyl halides is 3. The van der Waals surface area contributed by atoms with Crippen LogP contribution in [0.15, 0.2) is 30.5 Å². The third kappa shape index (κ3) is 4.97. The van der Waals surface area contributed by atoms with Gasteiger partial charge in [0, 0.05) is 19.9 Å². The molecule has 5 nitrogen and oxygen atoms in total. The molecule has 2 N–H and O–H groups in total. The molecule has 1 heterocycles. The number of halogens is 4. The molecule has 0 bridgehead atoms. The normalized spacial score (nSPS) is 11.3. The molecule has 1 aromatic carbocycles. The molecule has 0 aliphatic heterocycles. The van der Waals surface area contributed by atoms with Gasteiger partial charge in [-0.25, -0.2) is 4.98 Å². The Morgan fingerprint density at radius 3 is 2.74 bits per heavy atom. The van der Waals surface area contributed by atoms with E-state index in [1.54, 1.807) is 7.11 Å². The minimum absolute atomic E-state index is 0.114. The van der Waals surface area contributed by atoms with Crippen LogP contribution in [0.5, 0.6) is 0 Å². The lowest BCUT2D eigenvalue weighted by atomic mass is 10.2. The van der Waals surface area contributed by atoms with E-state index in [9.17, 15) is 13.2 Å². The van der Waals surface area contributed by atoms with Gasteiger partial charge in [-0.05, 0) is 24.3 Å². The summed E-state index contributed by atoms with van der Waals surface area (Å²) < 4.78 is 43.2. The second-order valence-electron chi connectivity index (χ2n) is 4.50. The summed E-state index contributed by atoms with van der Waals surface area (Å²) in [6.07, 6.45) is -2.97. The molecule has 1 aromatic heterocycles. The monoisotopic (exact) mass is 346 g/mol. The summed E-state index contributed by atoms with van der Waals surface area (Å²) in [6.45, 7) is 0.977. The molecule has 0 atom stereocenters. The highest BCUT2D eigenvalue weighted by Gasteiger charge is 2.31. The van der Waals surface area contributed by atoms with Crippen molar-refractivity contribution in [2.75, 3.05) is 30.9 Å². The van der Waals surface area contributed by atoms with E-state index < -0.39 is 11.7 Å². The third-order valence-corrected chi connectivity index (χ3v) is 3.13. The van der Waals surface area contributed by atoms with Gasteiger partial charge in [-0.1, -0.05) is 11.6 Å². The highest BCUT2D eigenvalue weighted by atomic mass is 35.5. The maximum absolute atomic E-state index is 12.8. The molecule has 0 unspecified atom stereocenters. The molecule has 23 heavy (non-hydrogen) atoms. The van der Waals surface area contributed by atoms with Crippen LogP contribution in [0.25, 0.3) is 0 Å². The number of nitrogens with zero attached hydrogens (tertiary/aromatic N) is 2. The Balaban J connectivity index is 2.17. The van der Waals surface area contributed by atoms with Crippen LogP contribution in [-0.2, 0) is 10.9 Å². The van der Waals surface area contributed by atoms with E-state index in [4.69, 9.17) is 16.3 Å². The van der Waals surface area contributed by atoms with Crippen LogP contribution in [-0.4, -0.2) is 30.2 Å². The average Bonchev–Trinajstić information content (AvgIpc) is 2.49. The standard InChI is InChI=1S/C14H14ClF3N4O/c1-23-7-6-20-13-19-5-4-12(22-13)21-11-8-9(14(16,17)18)2-3-10(11)15/h2-5,8H,6-7H2,1H3,(H2,19,20,21,22). The minimum Gasteiger partial charge on any atom is -0.383 e. The summed E-state index contributed by atoms with van der Waals surface area (Å²) >= 11 is 5.93. The summed E-state index contributed by atoms with van der Waals surface area (Å²) in [7, 11) is 1.57. The fourth-order valence-electron chi connectivity index (χ4n) is 1.71. The Morgan fingerprint density at radius 1 is 1.26 bits per heavy atom. The fourth-order valence-corrected chi connectivity index (χ4v) is 1.88. The molecule has 9 heteroatoms. The predicted octanol–water partition coefficient (Wildman–Crippen LogP) is 3.95. The van der Waals surface area contributed by atoms with Crippen molar-refractivity contribution in [1.29, 1.82) is 0 Å². The van der Waals surface area contributed by atoms with Crippen LogP contribution in [0.2, 0.25) is 5.02 Å². The van der Waals surface area contributed by atoms with Crippen LogP contribution in [0.3, 0.4) is 0 Å². The van der Waals surface area contributed by atoms with Crippen molar-refractivity contribution in [2.45, 2.75) is 6.18 Å². The molecular weight excluding hydrogens is 333 g/mol. The zero-order valence-electron chi connectivity index (χ0n) is 12.1. The molecule has 2 rings (SSSR count). The van der Waals surface area contributed by atoms with Gasteiger partial charge in [0.1, 0.15) is 5.82 Å². The molecule has 0 saturated carbocycles. The van der Waals surface area contributed by atoms with Gasteiger partial charge in [-0.3, -0.25) is 0 Å².